The lowest BCUT2D eigenvalue weighted by atomic mass is 10.2. The second-order valence-electron chi connectivity index (χ2n) is 3.42. The number of anilines is 1. The summed E-state index contributed by atoms with van der Waals surface area (Å²) in [5.74, 6) is 1.26. The molecule has 0 spiro atoms. The highest BCUT2D eigenvalue weighted by Gasteiger charge is 2.05. The van der Waals surface area contributed by atoms with E-state index in [1.807, 2.05) is 19.1 Å². The second kappa shape index (κ2) is 4.41. The van der Waals surface area contributed by atoms with Crippen LogP contribution in [0.5, 0.6) is 11.5 Å². The topological polar surface area (TPSA) is 48.1 Å². The Hall–Kier alpha value is -1.74. The summed E-state index contributed by atoms with van der Waals surface area (Å²) in [5.41, 5.74) is 7.33. The summed E-state index contributed by atoms with van der Waals surface area (Å²) < 4.78 is 5.64. The van der Waals surface area contributed by atoms with Crippen LogP contribution in [-0.2, 0) is 0 Å². The molecule has 0 fully saturated rings. The first kappa shape index (κ1) is 10.8. The molecule has 0 unspecified atom stereocenters. The first-order valence-corrected chi connectivity index (χ1v) is 5.19. The smallest absolute Gasteiger partial charge is 0.171 e. The Morgan fingerprint density at radius 1 is 1.25 bits per heavy atom. The van der Waals surface area contributed by atoms with Crippen LogP contribution >= 0.6 is 11.6 Å². The summed E-state index contributed by atoms with van der Waals surface area (Å²) in [6, 6.07) is 8.99. The molecule has 0 atom stereocenters. The minimum atomic E-state index is 0.346. The molecule has 1 heterocycles. The third-order valence-corrected chi connectivity index (χ3v) is 2.43. The van der Waals surface area contributed by atoms with Crippen molar-refractivity contribution in [3.63, 3.8) is 0 Å². The second-order valence-corrected chi connectivity index (χ2v) is 3.78. The summed E-state index contributed by atoms with van der Waals surface area (Å²) in [5, 5.41) is 0.346. The van der Waals surface area contributed by atoms with Crippen molar-refractivity contribution < 1.29 is 4.74 Å². The van der Waals surface area contributed by atoms with Crippen molar-refractivity contribution in [3.8, 4) is 11.5 Å². The van der Waals surface area contributed by atoms with E-state index >= 15 is 0 Å². The largest absolute Gasteiger partial charge is 0.454 e. The van der Waals surface area contributed by atoms with E-state index in [2.05, 4.69) is 4.98 Å². The van der Waals surface area contributed by atoms with Crippen molar-refractivity contribution in [2.75, 3.05) is 5.73 Å². The normalized spacial score (nSPS) is 10.1. The molecular weight excluding hydrogens is 224 g/mol. The quantitative estimate of drug-likeness (QED) is 0.640. The van der Waals surface area contributed by atoms with Crippen LogP contribution in [0.3, 0.4) is 0 Å². The third-order valence-electron chi connectivity index (χ3n) is 2.14. The number of halogens is 1. The third kappa shape index (κ3) is 2.25. The van der Waals surface area contributed by atoms with Crippen LogP contribution in [0.2, 0.25) is 5.15 Å². The van der Waals surface area contributed by atoms with Gasteiger partial charge in [0.05, 0.1) is 0 Å². The van der Waals surface area contributed by atoms with Gasteiger partial charge in [-0.3, -0.25) is 0 Å². The van der Waals surface area contributed by atoms with E-state index in [1.54, 1.807) is 24.4 Å². The molecule has 82 valence electrons. The Morgan fingerprint density at radius 2 is 2.06 bits per heavy atom. The van der Waals surface area contributed by atoms with Gasteiger partial charge < -0.3 is 10.5 Å². The maximum absolute atomic E-state index is 5.90. The molecule has 1 aromatic heterocycles. The van der Waals surface area contributed by atoms with E-state index in [-0.39, 0.29) is 0 Å². The van der Waals surface area contributed by atoms with Gasteiger partial charge in [0.15, 0.2) is 10.9 Å². The fourth-order valence-corrected chi connectivity index (χ4v) is 1.51. The fraction of sp³-hybridized carbons (Fsp3) is 0.0833. The zero-order chi connectivity index (χ0) is 11.5. The van der Waals surface area contributed by atoms with Crippen molar-refractivity contribution >= 4 is 17.3 Å². The van der Waals surface area contributed by atoms with E-state index < -0.39 is 0 Å². The highest BCUT2D eigenvalue weighted by atomic mass is 35.5. The first-order valence-electron chi connectivity index (χ1n) is 4.81. The number of nitrogen functional groups attached to an aromatic ring is 1. The van der Waals surface area contributed by atoms with E-state index in [4.69, 9.17) is 22.1 Å². The number of benzene rings is 1. The molecular formula is C12H11ClN2O. The number of hydrogen-bond donors (Lipinski definition) is 1. The van der Waals surface area contributed by atoms with Gasteiger partial charge in [-0.05, 0) is 42.8 Å². The summed E-state index contributed by atoms with van der Waals surface area (Å²) in [4.78, 5) is 3.94. The number of nitrogens with zero attached hydrogens (tertiary/aromatic N) is 1. The Bertz CT molecular complexity index is 514. The van der Waals surface area contributed by atoms with Gasteiger partial charge in [0.25, 0.3) is 0 Å². The number of rotatable bonds is 2. The minimum Gasteiger partial charge on any atom is -0.454 e. The van der Waals surface area contributed by atoms with Gasteiger partial charge in [-0.25, -0.2) is 4.98 Å². The molecule has 16 heavy (non-hydrogen) atoms. The van der Waals surface area contributed by atoms with E-state index in [0.717, 1.165) is 11.3 Å². The molecule has 1 aromatic carbocycles. The van der Waals surface area contributed by atoms with E-state index in [0.29, 0.717) is 16.6 Å². The van der Waals surface area contributed by atoms with Crippen LogP contribution < -0.4 is 10.5 Å². The summed E-state index contributed by atoms with van der Waals surface area (Å²) in [6.45, 7) is 1.93. The van der Waals surface area contributed by atoms with Crippen molar-refractivity contribution in [2.24, 2.45) is 0 Å². The zero-order valence-corrected chi connectivity index (χ0v) is 9.53. The average molecular weight is 235 g/mol. The predicted octanol–water partition coefficient (Wildman–Crippen LogP) is 3.42. The van der Waals surface area contributed by atoms with Gasteiger partial charge >= 0.3 is 0 Å². The SMILES string of the molecule is Cc1cc(N)ccc1Oc1cccnc1Cl. The summed E-state index contributed by atoms with van der Waals surface area (Å²) in [6.07, 6.45) is 1.62. The maximum atomic E-state index is 5.90. The molecule has 0 amide bonds. The number of pyridine rings is 1. The fourth-order valence-electron chi connectivity index (χ4n) is 1.35. The van der Waals surface area contributed by atoms with Crippen LogP contribution in [-0.4, -0.2) is 4.98 Å². The van der Waals surface area contributed by atoms with E-state index in [9.17, 15) is 0 Å². The van der Waals surface area contributed by atoms with Crippen LogP contribution in [0.15, 0.2) is 36.5 Å². The molecule has 2 rings (SSSR count). The number of hydrogen-bond acceptors (Lipinski definition) is 3. The summed E-state index contributed by atoms with van der Waals surface area (Å²) >= 11 is 5.90. The highest BCUT2D eigenvalue weighted by molar-refractivity contribution is 6.30. The van der Waals surface area contributed by atoms with Gasteiger partial charge in [-0.2, -0.15) is 0 Å². The molecule has 3 nitrogen and oxygen atoms in total. The first-order chi connectivity index (χ1) is 7.66. The van der Waals surface area contributed by atoms with Crippen LogP contribution in [0.25, 0.3) is 0 Å². The number of nitrogens with two attached hydrogens (primary N) is 1. The Kier molecular flexibility index (Phi) is 2.97. The predicted molar refractivity (Wildman–Crippen MR) is 64.9 cm³/mol. The highest BCUT2D eigenvalue weighted by Crippen LogP contribution is 2.29. The summed E-state index contributed by atoms with van der Waals surface area (Å²) in [7, 11) is 0. The van der Waals surface area contributed by atoms with Gasteiger partial charge in [0, 0.05) is 11.9 Å². The molecule has 0 radical (unpaired) electrons. The molecule has 2 aromatic rings. The van der Waals surface area contributed by atoms with E-state index in [1.165, 1.54) is 0 Å². The number of aromatic nitrogens is 1. The van der Waals surface area contributed by atoms with Crippen molar-refractivity contribution in [1.29, 1.82) is 0 Å². The van der Waals surface area contributed by atoms with Crippen LogP contribution in [0, 0.1) is 6.92 Å². The lowest BCUT2D eigenvalue weighted by Crippen LogP contribution is -1.91. The zero-order valence-electron chi connectivity index (χ0n) is 8.77. The Balaban J connectivity index is 2.31. The lowest BCUT2D eigenvalue weighted by molar-refractivity contribution is 0.477. The molecule has 0 aliphatic carbocycles. The van der Waals surface area contributed by atoms with Crippen molar-refractivity contribution in [2.45, 2.75) is 6.92 Å². The van der Waals surface area contributed by atoms with Crippen LogP contribution in [0.1, 0.15) is 5.56 Å². The van der Waals surface area contributed by atoms with Crippen LogP contribution in [0.4, 0.5) is 5.69 Å². The van der Waals surface area contributed by atoms with Gasteiger partial charge in [0.2, 0.25) is 0 Å². The Morgan fingerprint density at radius 3 is 2.75 bits per heavy atom. The molecule has 2 N–H and O–H groups in total. The van der Waals surface area contributed by atoms with Gasteiger partial charge in [0.1, 0.15) is 5.75 Å². The molecule has 0 saturated carbocycles. The van der Waals surface area contributed by atoms with Gasteiger partial charge in [-0.15, -0.1) is 0 Å². The molecule has 0 aliphatic heterocycles. The molecule has 0 aliphatic rings. The Labute approximate surface area is 98.8 Å². The number of aryl methyl sites for hydroxylation is 1. The molecule has 0 saturated heterocycles. The van der Waals surface area contributed by atoms with Gasteiger partial charge in [-0.1, -0.05) is 11.6 Å². The van der Waals surface area contributed by atoms with Crippen molar-refractivity contribution in [3.05, 3.63) is 47.2 Å². The lowest BCUT2D eigenvalue weighted by Gasteiger charge is -2.09. The average Bonchev–Trinajstić information content (AvgIpc) is 2.25. The molecule has 4 heteroatoms. The standard InChI is InChI=1S/C12H11ClN2O/c1-8-7-9(14)4-5-10(8)16-11-3-2-6-15-12(11)13/h2-7H,14H2,1H3. The molecule has 0 bridgehead atoms. The van der Waals surface area contributed by atoms with Crippen molar-refractivity contribution in [1.82, 2.24) is 4.98 Å². The number of ether oxygens (including phenoxy) is 1. The monoisotopic (exact) mass is 234 g/mol. The maximum Gasteiger partial charge on any atom is 0.171 e. The minimum absolute atomic E-state index is 0.346.